The summed E-state index contributed by atoms with van der Waals surface area (Å²) >= 11 is 0. The predicted octanol–water partition coefficient (Wildman–Crippen LogP) is 1.43. The van der Waals surface area contributed by atoms with Gasteiger partial charge in [-0.2, -0.15) is 0 Å². The van der Waals surface area contributed by atoms with Crippen LogP contribution in [0.5, 0.6) is 0 Å². The van der Waals surface area contributed by atoms with Gasteiger partial charge in [0.25, 0.3) is 0 Å². The zero-order valence-corrected chi connectivity index (χ0v) is 9.34. The molecule has 1 aliphatic carbocycles. The molecule has 0 aromatic rings. The van der Waals surface area contributed by atoms with Crippen molar-refractivity contribution in [2.45, 2.75) is 12.5 Å². The Morgan fingerprint density at radius 3 is 3.06 bits per heavy atom. The summed E-state index contributed by atoms with van der Waals surface area (Å²) in [5.41, 5.74) is 8.06. The van der Waals surface area contributed by atoms with Crippen LogP contribution in [0.1, 0.15) is 6.42 Å². The first-order chi connectivity index (χ1) is 8.08. The summed E-state index contributed by atoms with van der Waals surface area (Å²) in [6, 6.07) is -0.882. The minimum absolute atomic E-state index is 0.0379. The molecule has 0 bridgehead atoms. The molecule has 0 spiro atoms. The number of hydrogen-bond donors (Lipinski definition) is 2. The molecule has 2 atom stereocenters. The number of fused-ring (bicyclic) bond motifs is 1. The third-order valence-electron chi connectivity index (χ3n) is 2.80. The first-order valence-electron chi connectivity index (χ1n) is 5.39. The van der Waals surface area contributed by atoms with Crippen molar-refractivity contribution in [2.75, 3.05) is 0 Å². The van der Waals surface area contributed by atoms with Gasteiger partial charge < -0.3 is 10.8 Å². The van der Waals surface area contributed by atoms with Gasteiger partial charge in [0.15, 0.2) is 0 Å². The van der Waals surface area contributed by atoms with Gasteiger partial charge >= 0.3 is 5.97 Å². The van der Waals surface area contributed by atoms with E-state index in [1.807, 2.05) is 30.4 Å². The highest BCUT2D eigenvalue weighted by Crippen LogP contribution is 2.28. The highest BCUT2D eigenvalue weighted by atomic mass is 16.4. The van der Waals surface area contributed by atoms with Crippen LogP contribution in [0.25, 0.3) is 0 Å². The van der Waals surface area contributed by atoms with Crippen molar-refractivity contribution < 1.29 is 9.90 Å². The van der Waals surface area contributed by atoms with E-state index >= 15 is 0 Å². The second-order valence-corrected chi connectivity index (χ2v) is 4.12. The molecule has 2 aliphatic rings. The van der Waals surface area contributed by atoms with Crippen LogP contribution in [-0.4, -0.2) is 22.8 Å². The van der Waals surface area contributed by atoms with E-state index in [1.54, 1.807) is 0 Å². The molecule has 3 N–H and O–H groups in total. The van der Waals surface area contributed by atoms with E-state index in [2.05, 4.69) is 11.6 Å². The average molecular weight is 230 g/mol. The zero-order chi connectivity index (χ0) is 12.4. The van der Waals surface area contributed by atoms with Gasteiger partial charge in [0.05, 0.1) is 11.4 Å². The van der Waals surface area contributed by atoms with Crippen LogP contribution in [0.15, 0.2) is 53.2 Å². The van der Waals surface area contributed by atoms with Crippen LogP contribution in [0.3, 0.4) is 0 Å². The van der Waals surface area contributed by atoms with Crippen molar-refractivity contribution in [1.29, 1.82) is 0 Å². The highest BCUT2D eigenvalue weighted by molar-refractivity contribution is 6.02. The number of hydrogen-bond acceptors (Lipinski definition) is 3. The van der Waals surface area contributed by atoms with E-state index in [0.29, 0.717) is 12.1 Å². The molecule has 4 heteroatoms. The maximum Gasteiger partial charge on any atom is 0.320 e. The monoisotopic (exact) mass is 230 g/mol. The van der Waals surface area contributed by atoms with E-state index in [4.69, 9.17) is 10.8 Å². The highest BCUT2D eigenvalue weighted by Gasteiger charge is 2.25. The Morgan fingerprint density at radius 2 is 2.35 bits per heavy atom. The van der Waals surface area contributed by atoms with Crippen molar-refractivity contribution in [2.24, 2.45) is 16.6 Å². The molecular weight excluding hydrogens is 216 g/mol. The number of carboxylic acids is 1. The van der Waals surface area contributed by atoms with Crippen molar-refractivity contribution in [1.82, 2.24) is 0 Å². The van der Waals surface area contributed by atoms with Gasteiger partial charge in [-0.25, -0.2) is 0 Å². The largest absolute Gasteiger partial charge is 0.480 e. The van der Waals surface area contributed by atoms with Gasteiger partial charge in [-0.15, -0.1) is 0 Å². The third kappa shape index (κ3) is 2.42. The fraction of sp³-hybridized carbons (Fsp3) is 0.231. The Kier molecular flexibility index (Phi) is 3.06. The van der Waals surface area contributed by atoms with Crippen LogP contribution in [0.2, 0.25) is 0 Å². The molecule has 0 saturated heterocycles. The Balaban J connectivity index is 2.22. The SMILES string of the molecule is C=C1C=C(CC(N)C(=O)O)C2C=CC=CC2=N1. The molecule has 88 valence electrons. The fourth-order valence-corrected chi connectivity index (χ4v) is 1.98. The van der Waals surface area contributed by atoms with Crippen LogP contribution in [-0.2, 0) is 4.79 Å². The zero-order valence-electron chi connectivity index (χ0n) is 9.34. The standard InChI is InChI=1S/C13H14N2O2/c1-8-6-9(7-11(14)13(16)17)10-4-2-3-5-12(10)15-8/h2-6,10-11H,1,7,14H2,(H,16,17). The summed E-state index contributed by atoms with van der Waals surface area (Å²) in [5.74, 6) is -0.952. The smallest absolute Gasteiger partial charge is 0.320 e. The molecule has 0 saturated carbocycles. The van der Waals surface area contributed by atoms with Crippen LogP contribution < -0.4 is 5.73 Å². The second-order valence-electron chi connectivity index (χ2n) is 4.12. The first kappa shape index (κ1) is 11.5. The van der Waals surface area contributed by atoms with Crippen molar-refractivity contribution in [3.05, 3.63) is 48.2 Å². The number of dihydropyridines is 1. The number of rotatable bonds is 3. The van der Waals surface area contributed by atoms with E-state index in [1.165, 1.54) is 0 Å². The van der Waals surface area contributed by atoms with Gasteiger partial charge in [-0.05, 0) is 18.6 Å². The molecule has 0 aromatic carbocycles. The molecule has 2 unspecified atom stereocenters. The lowest BCUT2D eigenvalue weighted by Crippen LogP contribution is -2.32. The summed E-state index contributed by atoms with van der Waals surface area (Å²) in [5, 5.41) is 8.84. The molecule has 4 nitrogen and oxygen atoms in total. The average Bonchev–Trinajstić information content (AvgIpc) is 2.28. The summed E-state index contributed by atoms with van der Waals surface area (Å²) < 4.78 is 0. The third-order valence-corrected chi connectivity index (χ3v) is 2.80. The van der Waals surface area contributed by atoms with Gasteiger partial charge in [0.1, 0.15) is 6.04 Å². The number of carboxylic acid groups (broad SMARTS) is 1. The Bertz CT molecular complexity index is 484. The summed E-state index contributed by atoms with van der Waals surface area (Å²) in [6.07, 6.45) is 9.87. The number of aliphatic carboxylic acids is 1. The van der Waals surface area contributed by atoms with Gasteiger partial charge in [0.2, 0.25) is 0 Å². The minimum atomic E-state index is -0.990. The molecule has 1 heterocycles. The van der Waals surface area contributed by atoms with E-state index < -0.39 is 12.0 Å². The number of nitrogens with zero attached hydrogens (tertiary/aromatic N) is 1. The van der Waals surface area contributed by atoms with Gasteiger partial charge in [-0.1, -0.05) is 30.4 Å². The van der Waals surface area contributed by atoms with Crippen LogP contribution in [0, 0.1) is 5.92 Å². The van der Waals surface area contributed by atoms with Crippen LogP contribution >= 0.6 is 0 Å². The van der Waals surface area contributed by atoms with Crippen molar-refractivity contribution in [3.8, 4) is 0 Å². The molecule has 2 rings (SSSR count). The topological polar surface area (TPSA) is 75.7 Å². The van der Waals surface area contributed by atoms with E-state index in [0.717, 1.165) is 11.3 Å². The number of aliphatic imine (C=N–C) groups is 1. The van der Waals surface area contributed by atoms with E-state index in [9.17, 15) is 4.79 Å². The quantitative estimate of drug-likeness (QED) is 0.770. The maximum absolute atomic E-state index is 10.8. The van der Waals surface area contributed by atoms with Gasteiger partial charge in [-0.3, -0.25) is 9.79 Å². The molecule has 17 heavy (non-hydrogen) atoms. The van der Waals surface area contributed by atoms with Gasteiger partial charge in [0, 0.05) is 5.92 Å². The van der Waals surface area contributed by atoms with Crippen molar-refractivity contribution in [3.63, 3.8) is 0 Å². The fourth-order valence-electron chi connectivity index (χ4n) is 1.98. The predicted molar refractivity (Wildman–Crippen MR) is 66.7 cm³/mol. The normalized spacial score (nSPS) is 23.8. The van der Waals surface area contributed by atoms with Crippen molar-refractivity contribution >= 4 is 11.7 Å². The maximum atomic E-state index is 10.8. The summed E-state index contributed by atoms with van der Waals surface area (Å²) in [7, 11) is 0. The molecule has 1 aliphatic heterocycles. The molecule has 0 fully saturated rings. The lowest BCUT2D eigenvalue weighted by Gasteiger charge is -2.24. The van der Waals surface area contributed by atoms with E-state index in [-0.39, 0.29) is 5.92 Å². The molecular formula is C13H14N2O2. The lowest BCUT2D eigenvalue weighted by molar-refractivity contribution is -0.138. The second kappa shape index (κ2) is 4.51. The molecule has 0 radical (unpaired) electrons. The lowest BCUT2D eigenvalue weighted by atomic mass is 9.84. The summed E-state index contributed by atoms with van der Waals surface area (Å²) in [6.45, 7) is 3.80. The number of nitrogens with two attached hydrogens (primary N) is 1. The number of allylic oxidation sites excluding steroid dienone is 5. The molecule has 0 amide bonds. The Morgan fingerprint density at radius 1 is 1.59 bits per heavy atom. The number of carbonyl (C=O) groups is 1. The Labute approximate surface area is 99.5 Å². The minimum Gasteiger partial charge on any atom is -0.480 e. The first-order valence-corrected chi connectivity index (χ1v) is 5.39. The Hall–Kier alpha value is -1.94. The summed E-state index contributed by atoms with van der Waals surface area (Å²) in [4.78, 5) is 15.1. The molecule has 0 aromatic heterocycles. The van der Waals surface area contributed by atoms with Crippen LogP contribution in [0.4, 0.5) is 0 Å².